The van der Waals surface area contributed by atoms with Crippen LogP contribution in [0.5, 0.6) is 5.75 Å². The molecule has 0 aromatic carbocycles. The van der Waals surface area contributed by atoms with Crippen LogP contribution < -0.4 is 15.8 Å². The lowest BCUT2D eigenvalue weighted by Gasteiger charge is -2.15. The molecule has 0 aliphatic rings. The highest BCUT2D eigenvalue weighted by Gasteiger charge is 2.12. The van der Waals surface area contributed by atoms with Crippen LogP contribution in [0, 0.1) is 6.92 Å². The number of nitrogens with zero attached hydrogens (tertiary/aromatic N) is 1. The first-order chi connectivity index (χ1) is 9.42. The lowest BCUT2D eigenvalue weighted by atomic mass is 10.1. The van der Waals surface area contributed by atoms with Gasteiger partial charge in [-0.2, -0.15) is 0 Å². The summed E-state index contributed by atoms with van der Waals surface area (Å²) in [6.45, 7) is 7.79. The Hall–Kier alpha value is -1.62. The van der Waals surface area contributed by atoms with E-state index in [1.165, 1.54) is 0 Å². The molecule has 0 spiro atoms. The van der Waals surface area contributed by atoms with Crippen molar-refractivity contribution in [2.24, 2.45) is 5.73 Å². The fourth-order valence-electron chi connectivity index (χ4n) is 1.78. The van der Waals surface area contributed by atoms with Crippen LogP contribution in [0.15, 0.2) is 12.1 Å². The summed E-state index contributed by atoms with van der Waals surface area (Å²) in [5.41, 5.74) is 7.71. The Balaban J connectivity index is 2.71. The summed E-state index contributed by atoms with van der Waals surface area (Å²) < 4.78 is 5.57. The summed E-state index contributed by atoms with van der Waals surface area (Å²) in [4.78, 5) is 16.1. The van der Waals surface area contributed by atoms with Gasteiger partial charge in [-0.3, -0.25) is 9.78 Å². The van der Waals surface area contributed by atoms with Crippen molar-refractivity contribution in [3.05, 3.63) is 23.5 Å². The van der Waals surface area contributed by atoms with Gasteiger partial charge in [0.2, 0.25) is 0 Å². The van der Waals surface area contributed by atoms with Crippen molar-refractivity contribution < 1.29 is 9.53 Å². The third kappa shape index (κ3) is 5.57. The van der Waals surface area contributed by atoms with E-state index >= 15 is 0 Å². The number of carbonyl (C=O) groups excluding carboxylic acids is 1. The van der Waals surface area contributed by atoms with Gasteiger partial charge in [-0.1, -0.05) is 6.92 Å². The summed E-state index contributed by atoms with van der Waals surface area (Å²) in [7, 11) is 0. The molecule has 5 nitrogen and oxygen atoms in total. The Bertz CT molecular complexity index is 447. The van der Waals surface area contributed by atoms with E-state index in [2.05, 4.69) is 10.3 Å². The molecule has 20 heavy (non-hydrogen) atoms. The van der Waals surface area contributed by atoms with Crippen molar-refractivity contribution in [3.63, 3.8) is 0 Å². The van der Waals surface area contributed by atoms with Crippen molar-refractivity contribution in [3.8, 4) is 5.75 Å². The van der Waals surface area contributed by atoms with Crippen molar-refractivity contribution in [2.75, 3.05) is 6.61 Å². The van der Waals surface area contributed by atoms with Crippen molar-refractivity contribution in [1.82, 2.24) is 10.3 Å². The van der Waals surface area contributed by atoms with Crippen LogP contribution in [0.2, 0.25) is 0 Å². The van der Waals surface area contributed by atoms with E-state index in [1.807, 2.05) is 39.8 Å². The van der Waals surface area contributed by atoms with Gasteiger partial charge in [0.1, 0.15) is 5.75 Å². The predicted octanol–water partition coefficient (Wildman–Crippen LogP) is 1.57. The Morgan fingerprint density at radius 1 is 1.45 bits per heavy atom. The number of rotatable bonds is 7. The first kappa shape index (κ1) is 16.4. The standard InChI is InChI=1S/C15H25N3O2/c1-5-12(16)8-13-14(7-6-11(4)18-13)20-9-15(19)17-10(2)3/h6-7,10,12H,5,8-9,16H2,1-4H3,(H,17,19). The van der Waals surface area contributed by atoms with E-state index in [1.54, 1.807) is 0 Å². The van der Waals surface area contributed by atoms with Gasteiger partial charge in [0, 0.05) is 24.2 Å². The third-order valence-electron chi connectivity index (χ3n) is 2.86. The summed E-state index contributed by atoms with van der Waals surface area (Å²) in [6.07, 6.45) is 1.53. The monoisotopic (exact) mass is 279 g/mol. The number of aryl methyl sites for hydroxylation is 1. The Morgan fingerprint density at radius 3 is 2.75 bits per heavy atom. The molecule has 1 rings (SSSR count). The minimum atomic E-state index is -0.133. The molecule has 112 valence electrons. The molecule has 0 aliphatic heterocycles. The molecular formula is C15H25N3O2. The summed E-state index contributed by atoms with van der Waals surface area (Å²) >= 11 is 0. The second-order valence-corrected chi connectivity index (χ2v) is 5.28. The molecule has 0 aliphatic carbocycles. The molecule has 0 fully saturated rings. The predicted molar refractivity (Wildman–Crippen MR) is 79.7 cm³/mol. The van der Waals surface area contributed by atoms with E-state index in [-0.39, 0.29) is 24.6 Å². The first-order valence-electron chi connectivity index (χ1n) is 7.06. The minimum absolute atomic E-state index is 0.00269. The summed E-state index contributed by atoms with van der Waals surface area (Å²) in [5.74, 6) is 0.504. The molecular weight excluding hydrogens is 254 g/mol. The smallest absolute Gasteiger partial charge is 0.258 e. The van der Waals surface area contributed by atoms with Crippen molar-refractivity contribution >= 4 is 5.91 Å². The first-order valence-corrected chi connectivity index (χ1v) is 7.06. The topological polar surface area (TPSA) is 77.2 Å². The molecule has 1 amide bonds. The number of hydrogen-bond acceptors (Lipinski definition) is 4. The minimum Gasteiger partial charge on any atom is -0.482 e. The second-order valence-electron chi connectivity index (χ2n) is 5.28. The molecule has 5 heteroatoms. The third-order valence-corrected chi connectivity index (χ3v) is 2.86. The van der Waals surface area contributed by atoms with Crippen LogP contribution in [-0.2, 0) is 11.2 Å². The maximum atomic E-state index is 11.6. The van der Waals surface area contributed by atoms with Crippen LogP contribution >= 0.6 is 0 Å². The highest BCUT2D eigenvalue weighted by atomic mass is 16.5. The molecule has 1 aromatic rings. The van der Waals surface area contributed by atoms with Crippen LogP contribution in [-0.4, -0.2) is 29.6 Å². The zero-order valence-electron chi connectivity index (χ0n) is 12.8. The molecule has 1 aromatic heterocycles. The second kappa shape index (κ2) is 7.85. The van der Waals surface area contributed by atoms with E-state index in [0.717, 1.165) is 17.8 Å². The van der Waals surface area contributed by atoms with E-state index in [4.69, 9.17) is 10.5 Å². The average molecular weight is 279 g/mol. The highest BCUT2D eigenvalue weighted by molar-refractivity contribution is 5.77. The van der Waals surface area contributed by atoms with Gasteiger partial charge in [0.15, 0.2) is 6.61 Å². The van der Waals surface area contributed by atoms with Gasteiger partial charge in [-0.15, -0.1) is 0 Å². The van der Waals surface area contributed by atoms with Gasteiger partial charge in [0.25, 0.3) is 5.91 Å². The summed E-state index contributed by atoms with van der Waals surface area (Å²) in [6, 6.07) is 3.88. The van der Waals surface area contributed by atoms with Gasteiger partial charge in [-0.25, -0.2) is 0 Å². The van der Waals surface area contributed by atoms with Crippen molar-refractivity contribution in [2.45, 2.75) is 52.6 Å². The fraction of sp³-hybridized carbons (Fsp3) is 0.600. The molecule has 0 bridgehead atoms. The Morgan fingerprint density at radius 2 is 2.15 bits per heavy atom. The van der Waals surface area contributed by atoms with Gasteiger partial charge < -0.3 is 15.8 Å². The number of hydrogen-bond donors (Lipinski definition) is 2. The van der Waals surface area contributed by atoms with Crippen LogP contribution in [0.4, 0.5) is 0 Å². The molecule has 1 heterocycles. The average Bonchev–Trinajstić information content (AvgIpc) is 2.36. The van der Waals surface area contributed by atoms with Crippen LogP contribution in [0.1, 0.15) is 38.6 Å². The van der Waals surface area contributed by atoms with Crippen LogP contribution in [0.3, 0.4) is 0 Å². The molecule has 1 atom stereocenters. The van der Waals surface area contributed by atoms with E-state index in [0.29, 0.717) is 12.2 Å². The van der Waals surface area contributed by atoms with E-state index < -0.39 is 0 Å². The molecule has 0 saturated carbocycles. The number of amides is 1. The van der Waals surface area contributed by atoms with Gasteiger partial charge in [0.05, 0.1) is 5.69 Å². The quantitative estimate of drug-likeness (QED) is 0.794. The van der Waals surface area contributed by atoms with Gasteiger partial charge >= 0.3 is 0 Å². The zero-order chi connectivity index (χ0) is 15.1. The SMILES string of the molecule is CCC(N)Cc1nc(C)ccc1OCC(=O)NC(C)C. The number of carbonyl (C=O) groups is 1. The number of nitrogens with one attached hydrogen (secondary N) is 1. The van der Waals surface area contributed by atoms with Crippen LogP contribution in [0.25, 0.3) is 0 Å². The molecule has 3 N–H and O–H groups in total. The lowest BCUT2D eigenvalue weighted by molar-refractivity contribution is -0.123. The van der Waals surface area contributed by atoms with Gasteiger partial charge in [-0.05, 0) is 39.3 Å². The number of aromatic nitrogens is 1. The number of pyridine rings is 1. The maximum absolute atomic E-state index is 11.6. The molecule has 0 radical (unpaired) electrons. The van der Waals surface area contributed by atoms with E-state index in [9.17, 15) is 4.79 Å². The zero-order valence-corrected chi connectivity index (χ0v) is 12.8. The lowest BCUT2D eigenvalue weighted by Crippen LogP contribution is -2.34. The van der Waals surface area contributed by atoms with Crippen molar-refractivity contribution in [1.29, 1.82) is 0 Å². The highest BCUT2D eigenvalue weighted by Crippen LogP contribution is 2.18. The normalized spacial score (nSPS) is 12.3. The summed E-state index contributed by atoms with van der Waals surface area (Å²) in [5, 5.41) is 2.79. The Labute approximate surface area is 120 Å². The fourth-order valence-corrected chi connectivity index (χ4v) is 1.78. The Kier molecular flexibility index (Phi) is 6.45. The number of nitrogens with two attached hydrogens (primary N) is 1. The largest absolute Gasteiger partial charge is 0.482 e. The molecule has 0 saturated heterocycles. The number of ether oxygens (including phenoxy) is 1. The molecule has 1 unspecified atom stereocenters. The maximum Gasteiger partial charge on any atom is 0.258 e.